The van der Waals surface area contributed by atoms with Gasteiger partial charge >= 0.3 is 131 Å². The molecule has 0 spiro atoms. The van der Waals surface area contributed by atoms with E-state index in [4.69, 9.17) is 251 Å². The number of esters is 6. The summed E-state index contributed by atoms with van der Waals surface area (Å²) in [4.78, 5) is 225. The minimum Gasteiger partial charge on any atom is -0.478 e. The van der Waals surface area contributed by atoms with E-state index in [9.17, 15) is 116 Å². The van der Waals surface area contributed by atoms with E-state index >= 15 is 0 Å². The van der Waals surface area contributed by atoms with Crippen LogP contribution in [0.3, 0.4) is 0 Å². The number of hydrogen-bond acceptors (Lipinski definition) is 34. The lowest BCUT2D eigenvalue weighted by Gasteiger charge is -2.38. The van der Waals surface area contributed by atoms with Crippen LogP contribution in [0.15, 0.2) is 0 Å². The van der Waals surface area contributed by atoms with Gasteiger partial charge in [0, 0.05) is 68.7 Å². The first-order valence-electron chi connectivity index (χ1n) is 31.9. The van der Waals surface area contributed by atoms with Gasteiger partial charge < -0.3 is 114 Å². The van der Waals surface area contributed by atoms with Crippen molar-refractivity contribution in [3.8, 4) is 0 Å². The van der Waals surface area contributed by atoms with Gasteiger partial charge in [-0.1, -0.05) is 170 Å². The summed E-state index contributed by atoms with van der Waals surface area (Å²) in [5.74, 6) is -50.7. The van der Waals surface area contributed by atoms with Crippen LogP contribution >= 0.6 is 186 Å². The zero-order valence-electron chi connectivity index (χ0n) is 67.4. The van der Waals surface area contributed by atoms with Crippen LogP contribution in [0.5, 0.6) is 0 Å². The first-order valence-corrected chi connectivity index (χ1v) is 38.0. The number of aliphatic carboxylic acids is 13. The molecule has 0 aliphatic rings. The van der Waals surface area contributed by atoms with Crippen LogP contribution in [-0.4, -0.2) is 289 Å². The summed E-state index contributed by atoms with van der Waals surface area (Å²) >= 11 is 89.5. The van der Waals surface area contributed by atoms with Gasteiger partial charge in [0.15, 0.2) is 5.78 Å². The lowest BCUT2D eigenvalue weighted by atomic mass is 9.96. The summed E-state index contributed by atoms with van der Waals surface area (Å²) in [5.41, 5.74) is 0. The zero-order chi connectivity index (χ0) is 102. The maximum Gasteiger partial charge on any atom is 0.377 e. The van der Waals surface area contributed by atoms with E-state index in [1.54, 1.807) is 0 Å². The Labute approximate surface area is 790 Å². The molecule has 0 radical (unpaired) electrons. The minimum absolute atomic E-state index is 0. The number of rotatable bonds is 44. The predicted molar refractivity (Wildman–Crippen MR) is 428 cm³/mol. The number of carbonyl (C=O) groups is 20. The number of carboxylic acids is 13. The molecule has 17 unspecified atom stereocenters. The molecular formula is C63H82Cl16O47. The van der Waals surface area contributed by atoms with E-state index in [0.29, 0.717) is 41.5 Å². The molecule has 728 valence electrons. The number of ether oxygens (including phenoxy) is 14. The van der Waals surface area contributed by atoms with Crippen LogP contribution in [0.1, 0.15) is 159 Å². The Morgan fingerprint density at radius 1 is 0.190 bits per heavy atom. The second-order valence-electron chi connectivity index (χ2n) is 27.0. The maximum absolute atomic E-state index is 12.2. The van der Waals surface area contributed by atoms with Gasteiger partial charge in [-0.25, -0.2) is 86.3 Å². The Hall–Kier alpha value is -6.08. The molecule has 17 atom stereocenters. The van der Waals surface area contributed by atoms with Gasteiger partial charge in [0.2, 0.25) is 44.1 Å². The molecule has 0 saturated carbocycles. The summed E-state index contributed by atoms with van der Waals surface area (Å²) in [6.45, 7) is 18.3. The molecule has 0 aliphatic carbocycles. The van der Waals surface area contributed by atoms with E-state index in [-0.39, 0.29) is 7.43 Å². The SMILES string of the molecule is C.CC(C)(Cl)C(=O)CC(C)(Cl)C(=O)OC(C)(Cl)C(=O)OC(C)(Cl)C(=O)O.CC(Cl)(Cl)C(=O)OC(C)(Cl)C(=O)OC(C)(OC(C)(Cl)C(=O)O)C(=O)O.CC(Cl)(Cl)C(=O)OC(C)(OC(C)(OC(C)(Cl)C(=O)O)C(=O)O)C(=O)O.CC(Cl)(OC(C)(Cl)C(=O)OC(C)(OC(C)(Cl)C(=O)O)C(=O)O)C(=O)O.CC(Cl)(OC(C)(OC(C)(OC(C)(Cl)C(=O)O)C(=O)O)C(=O)O)C(=O)O. The largest absolute Gasteiger partial charge is 0.478 e. The molecule has 0 aromatic rings. The maximum atomic E-state index is 12.2. The number of hydrogen-bond donors (Lipinski definition) is 13. The highest BCUT2D eigenvalue weighted by molar-refractivity contribution is 6.58. The first kappa shape index (κ1) is 131. The van der Waals surface area contributed by atoms with Crippen LogP contribution < -0.4 is 0 Å². The Kier molecular flexibility index (Phi) is 48.1. The third-order valence-electron chi connectivity index (χ3n) is 13.2. The molecule has 0 bridgehead atoms. The molecule has 0 aromatic carbocycles. The summed E-state index contributed by atoms with van der Waals surface area (Å²) in [6, 6.07) is 0. The molecule has 0 aromatic heterocycles. The molecule has 0 fully saturated rings. The summed E-state index contributed by atoms with van der Waals surface area (Å²) in [6.07, 6.45) is -0.492. The average molecular weight is 2160 g/mol. The van der Waals surface area contributed by atoms with Crippen molar-refractivity contribution >= 4 is 305 Å². The second-order valence-corrected chi connectivity index (χ2v) is 39.4. The molecule has 47 nitrogen and oxygen atoms in total. The van der Waals surface area contributed by atoms with E-state index in [2.05, 4.69) is 47.4 Å². The van der Waals surface area contributed by atoms with Gasteiger partial charge in [0.25, 0.3) is 32.5 Å². The van der Waals surface area contributed by atoms with Crippen LogP contribution in [0.4, 0.5) is 0 Å². The molecule has 63 heteroatoms. The van der Waals surface area contributed by atoms with Gasteiger partial charge in [-0.05, 0) is 83.1 Å². The highest BCUT2D eigenvalue weighted by Gasteiger charge is 2.60. The molecule has 0 saturated heterocycles. The molecule has 0 amide bonds. The smallest absolute Gasteiger partial charge is 0.377 e. The lowest BCUT2D eigenvalue weighted by molar-refractivity contribution is -0.349. The normalized spacial score (nSPS) is 19.6. The average Bonchev–Trinajstić information content (AvgIpc) is 0.788. The Morgan fingerprint density at radius 2 is 0.357 bits per heavy atom. The Balaban J connectivity index is -0.000000356. The third-order valence-corrected chi connectivity index (χ3v) is 16.7. The number of Topliss-reactive ketones (excluding diaryl/α,β-unsaturated/α-hetero) is 1. The fourth-order valence-corrected chi connectivity index (χ4v) is 8.00. The monoisotopic (exact) mass is 2150 g/mol. The van der Waals surface area contributed by atoms with Gasteiger partial charge in [-0.15, -0.1) is 23.2 Å². The standard InChI is InChI=1S/C14H18Cl4O7.C12H14Cl4O9.2C12H15Cl3O10.C12H16Cl2O11.CH4/c1-11(2,15)7(19)6-12(3,16)9(22)24-14(5,18)10(23)25-13(4,17)8(20)21;1-9(13,14)7(21)23-11(3,16)8(22)24-12(4,6(19)20)25-10(2,15)5(17)18;1-9(13,14)8(22)23-11(3,6(18)19)25-12(4,7(20)21)24-10(2,15)5(16)17;1-9(13,5(16)17)24-11(3,15)8(22)23-12(4,7(20)21)25-10(2,14)6(18)19;1-9(13,5(15)16)23-11(3,7(19)20)25-12(4,8(21)22)24-10(2,14)6(17)18;/h6H2,1-5H3,(H,20,21);1-4H3,(H,17,18)(H,19,20);2*1-4H3,(H,16,17)(H,18,19)(H,20,21);1-4H3,(H,15,16)(H,17,18)(H,19,20)(H,21,22);1H4. The van der Waals surface area contributed by atoms with E-state index in [1.165, 1.54) is 20.8 Å². The van der Waals surface area contributed by atoms with E-state index in [1.807, 2.05) is 0 Å². The first-order chi connectivity index (χ1) is 54.3. The Morgan fingerprint density at radius 3 is 0.571 bits per heavy atom. The molecular weight excluding hydrogens is 2080 g/mol. The van der Waals surface area contributed by atoms with Crippen molar-refractivity contribution in [2.75, 3.05) is 0 Å². The number of halogens is 16. The third kappa shape index (κ3) is 41.6. The highest BCUT2D eigenvalue weighted by atomic mass is 35.5. The van der Waals surface area contributed by atoms with Crippen molar-refractivity contribution in [3.63, 3.8) is 0 Å². The quantitative estimate of drug-likeness (QED) is 0.0117. The number of ketones is 1. The van der Waals surface area contributed by atoms with E-state index < -0.39 is 229 Å². The molecule has 126 heavy (non-hydrogen) atoms. The summed E-state index contributed by atoms with van der Waals surface area (Å²) in [5, 5.41) is 92.0. The van der Waals surface area contributed by atoms with Crippen molar-refractivity contribution < 1.29 is 229 Å². The number of carboxylic acid groups (broad SMARTS) is 13. The minimum atomic E-state index is -2.96. The van der Waals surface area contributed by atoms with Crippen molar-refractivity contribution in [2.45, 2.75) is 263 Å². The summed E-state index contributed by atoms with van der Waals surface area (Å²) < 4.78 is 60.9. The van der Waals surface area contributed by atoms with Crippen LogP contribution in [0, 0.1) is 0 Å². The molecule has 0 heterocycles. The van der Waals surface area contributed by atoms with Gasteiger partial charge in [0.05, 0.1) is 4.87 Å². The second kappa shape index (κ2) is 46.3. The highest BCUT2D eigenvalue weighted by Crippen LogP contribution is 2.40. The molecule has 0 rings (SSSR count). The van der Waals surface area contributed by atoms with E-state index in [0.717, 1.165) is 83.1 Å². The van der Waals surface area contributed by atoms with Crippen LogP contribution in [0.25, 0.3) is 0 Å². The van der Waals surface area contributed by atoms with Gasteiger partial charge in [-0.3, -0.25) is 28.5 Å². The van der Waals surface area contributed by atoms with Gasteiger partial charge in [0.1, 0.15) is 4.87 Å². The zero-order valence-corrected chi connectivity index (χ0v) is 79.5. The fourth-order valence-electron chi connectivity index (χ4n) is 6.21. The van der Waals surface area contributed by atoms with Crippen molar-refractivity contribution in [1.82, 2.24) is 0 Å². The van der Waals surface area contributed by atoms with Crippen molar-refractivity contribution in [3.05, 3.63) is 0 Å². The molecule has 0 aliphatic heterocycles. The number of alkyl halides is 16. The van der Waals surface area contributed by atoms with Gasteiger partial charge in [-0.2, -0.15) is 0 Å². The lowest BCUT2D eigenvalue weighted by Crippen LogP contribution is -2.58. The number of carbonyl (C=O) groups excluding carboxylic acids is 7. The topological polar surface area (TPSA) is 734 Å². The van der Waals surface area contributed by atoms with Crippen molar-refractivity contribution in [1.29, 1.82) is 0 Å². The van der Waals surface area contributed by atoms with Crippen LogP contribution in [-0.2, 0) is 162 Å². The fraction of sp³-hybridized carbons (Fsp3) is 0.683. The molecule has 13 N–H and O–H groups in total. The Bertz CT molecular complexity index is 4050. The summed E-state index contributed by atoms with van der Waals surface area (Å²) in [7, 11) is 0. The van der Waals surface area contributed by atoms with Crippen LogP contribution in [0.2, 0.25) is 0 Å². The van der Waals surface area contributed by atoms with Crippen molar-refractivity contribution in [2.24, 2.45) is 0 Å². The predicted octanol–water partition coefficient (Wildman–Crippen LogP) is 9.27.